The van der Waals surface area contributed by atoms with E-state index in [1.54, 1.807) is 0 Å². The molecular formula is C8H15NO3. The lowest BCUT2D eigenvalue weighted by atomic mass is 9.92. The van der Waals surface area contributed by atoms with Crippen molar-refractivity contribution in [1.82, 2.24) is 5.32 Å². The molecule has 1 aliphatic heterocycles. The molecule has 0 amide bonds. The molecule has 4 nitrogen and oxygen atoms in total. The molecule has 0 aliphatic carbocycles. The SMILES string of the molecule is COC(=O)[C@H](O)C1CCNCC1. The zero-order valence-corrected chi connectivity index (χ0v) is 7.25. The summed E-state index contributed by atoms with van der Waals surface area (Å²) >= 11 is 0. The number of piperidine rings is 1. The van der Waals surface area contributed by atoms with E-state index in [4.69, 9.17) is 0 Å². The summed E-state index contributed by atoms with van der Waals surface area (Å²) in [5.74, 6) is -0.444. The third kappa shape index (κ3) is 2.19. The van der Waals surface area contributed by atoms with Crippen LogP contribution in [-0.2, 0) is 9.53 Å². The molecule has 0 unspecified atom stereocenters. The average molecular weight is 173 g/mol. The molecule has 0 spiro atoms. The summed E-state index contributed by atoms with van der Waals surface area (Å²) in [6.45, 7) is 1.75. The van der Waals surface area contributed by atoms with Crippen LogP contribution in [0.5, 0.6) is 0 Å². The Bertz CT molecular complexity index is 154. The van der Waals surface area contributed by atoms with E-state index in [-0.39, 0.29) is 5.92 Å². The normalized spacial score (nSPS) is 21.8. The summed E-state index contributed by atoms with van der Waals surface area (Å²) in [5, 5.41) is 12.6. The molecular weight excluding hydrogens is 158 g/mol. The predicted molar refractivity (Wildman–Crippen MR) is 43.6 cm³/mol. The highest BCUT2D eigenvalue weighted by molar-refractivity contribution is 5.74. The van der Waals surface area contributed by atoms with E-state index in [0.29, 0.717) is 0 Å². The van der Waals surface area contributed by atoms with Gasteiger partial charge in [0, 0.05) is 0 Å². The van der Waals surface area contributed by atoms with Crippen LogP contribution < -0.4 is 5.32 Å². The van der Waals surface area contributed by atoms with Gasteiger partial charge in [-0.3, -0.25) is 0 Å². The van der Waals surface area contributed by atoms with Gasteiger partial charge in [0.25, 0.3) is 0 Å². The Morgan fingerprint density at radius 2 is 2.17 bits per heavy atom. The second kappa shape index (κ2) is 4.42. The van der Waals surface area contributed by atoms with E-state index >= 15 is 0 Å². The highest BCUT2D eigenvalue weighted by Gasteiger charge is 2.27. The second-order valence-corrected chi connectivity index (χ2v) is 3.06. The number of hydrogen-bond acceptors (Lipinski definition) is 4. The molecule has 12 heavy (non-hydrogen) atoms. The number of carbonyl (C=O) groups is 1. The first-order chi connectivity index (χ1) is 5.75. The third-order valence-corrected chi connectivity index (χ3v) is 2.27. The van der Waals surface area contributed by atoms with E-state index in [9.17, 15) is 9.90 Å². The molecule has 0 aromatic rings. The van der Waals surface area contributed by atoms with Crippen LogP contribution in [-0.4, -0.2) is 37.4 Å². The number of rotatable bonds is 2. The maximum Gasteiger partial charge on any atom is 0.334 e. The summed E-state index contributed by atoms with van der Waals surface area (Å²) in [6.07, 6.45) is 0.754. The van der Waals surface area contributed by atoms with Gasteiger partial charge < -0.3 is 15.2 Å². The summed E-state index contributed by atoms with van der Waals surface area (Å²) in [7, 11) is 1.30. The van der Waals surface area contributed by atoms with Crippen molar-refractivity contribution in [3.05, 3.63) is 0 Å². The fourth-order valence-electron chi connectivity index (χ4n) is 1.47. The fraction of sp³-hybridized carbons (Fsp3) is 0.875. The second-order valence-electron chi connectivity index (χ2n) is 3.06. The molecule has 0 aromatic heterocycles. The van der Waals surface area contributed by atoms with Crippen molar-refractivity contribution in [1.29, 1.82) is 0 Å². The number of nitrogens with one attached hydrogen (secondary N) is 1. The largest absolute Gasteiger partial charge is 0.467 e. The van der Waals surface area contributed by atoms with Crippen molar-refractivity contribution < 1.29 is 14.6 Å². The molecule has 0 aromatic carbocycles. The van der Waals surface area contributed by atoms with Crippen LogP contribution in [0.25, 0.3) is 0 Å². The van der Waals surface area contributed by atoms with Gasteiger partial charge in [0.2, 0.25) is 0 Å². The van der Waals surface area contributed by atoms with Gasteiger partial charge in [-0.2, -0.15) is 0 Å². The van der Waals surface area contributed by atoms with Crippen molar-refractivity contribution in [2.45, 2.75) is 18.9 Å². The molecule has 0 saturated carbocycles. The standard InChI is InChI=1S/C8H15NO3/c1-12-8(11)7(10)6-2-4-9-5-3-6/h6-7,9-10H,2-5H2,1H3/t7-/m1/s1. The zero-order valence-electron chi connectivity index (χ0n) is 7.25. The minimum Gasteiger partial charge on any atom is -0.467 e. The van der Waals surface area contributed by atoms with E-state index in [1.807, 2.05) is 0 Å². The van der Waals surface area contributed by atoms with Gasteiger partial charge >= 0.3 is 5.97 Å². The van der Waals surface area contributed by atoms with E-state index in [1.165, 1.54) is 7.11 Å². The maximum absolute atomic E-state index is 10.9. The van der Waals surface area contributed by atoms with E-state index < -0.39 is 12.1 Å². The molecule has 1 atom stereocenters. The van der Waals surface area contributed by atoms with Gasteiger partial charge in [0.15, 0.2) is 6.10 Å². The molecule has 1 saturated heterocycles. The Balaban J connectivity index is 2.39. The first kappa shape index (κ1) is 9.48. The van der Waals surface area contributed by atoms with Gasteiger partial charge in [-0.1, -0.05) is 0 Å². The summed E-state index contributed by atoms with van der Waals surface area (Å²) in [5.41, 5.74) is 0. The van der Waals surface area contributed by atoms with E-state index in [2.05, 4.69) is 10.1 Å². The van der Waals surface area contributed by atoms with Crippen LogP contribution in [0, 0.1) is 5.92 Å². The van der Waals surface area contributed by atoms with Gasteiger partial charge in [0.1, 0.15) is 0 Å². The third-order valence-electron chi connectivity index (χ3n) is 2.27. The Kier molecular flexibility index (Phi) is 3.49. The topological polar surface area (TPSA) is 58.6 Å². The van der Waals surface area contributed by atoms with Crippen LogP contribution in [0.4, 0.5) is 0 Å². The van der Waals surface area contributed by atoms with Crippen LogP contribution in [0.15, 0.2) is 0 Å². The minimum absolute atomic E-state index is 0.0682. The number of esters is 1. The summed E-state index contributed by atoms with van der Waals surface area (Å²) in [6, 6.07) is 0. The highest BCUT2D eigenvalue weighted by atomic mass is 16.5. The van der Waals surface area contributed by atoms with E-state index in [0.717, 1.165) is 25.9 Å². The van der Waals surface area contributed by atoms with Gasteiger partial charge in [-0.15, -0.1) is 0 Å². The predicted octanol–water partition coefficient (Wildman–Crippen LogP) is -0.480. The Labute approximate surface area is 71.9 Å². The smallest absolute Gasteiger partial charge is 0.334 e. The van der Waals surface area contributed by atoms with Gasteiger partial charge in [-0.25, -0.2) is 4.79 Å². The molecule has 1 fully saturated rings. The first-order valence-electron chi connectivity index (χ1n) is 4.22. The number of carbonyl (C=O) groups excluding carboxylic acids is 1. The van der Waals surface area contributed by atoms with Crippen molar-refractivity contribution in [3.63, 3.8) is 0 Å². The van der Waals surface area contributed by atoms with Crippen LogP contribution in [0.1, 0.15) is 12.8 Å². The number of aliphatic hydroxyl groups excluding tert-OH is 1. The first-order valence-corrected chi connectivity index (χ1v) is 4.22. The van der Waals surface area contributed by atoms with Crippen molar-refractivity contribution in [2.24, 2.45) is 5.92 Å². The monoisotopic (exact) mass is 173 g/mol. The minimum atomic E-state index is -0.933. The molecule has 1 heterocycles. The lowest BCUT2D eigenvalue weighted by Crippen LogP contribution is -2.38. The number of hydrogen-bond donors (Lipinski definition) is 2. The molecule has 2 N–H and O–H groups in total. The Morgan fingerprint density at radius 3 is 2.67 bits per heavy atom. The molecule has 0 bridgehead atoms. The molecule has 1 aliphatic rings. The summed E-state index contributed by atoms with van der Waals surface area (Å²) < 4.78 is 4.46. The van der Waals surface area contributed by atoms with Gasteiger partial charge in [-0.05, 0) is 31.8 Å². The lowest BCUT2D eigenvalue weighted by Gasteiger charge is -2.25. The quantitative estimate of drug-likeness (QED) is 0.554. The zero-order chi connectivity index (χ0) is 8.97. The highest BCUT2D eigenvalue weighted by Crippen LogP contribution is 2.16. The number of methoxy groups -OCH3 is 1. The Hall–Kier alpha value is -0.610. The van der Waals surface area contributed by atoms with Gasteiger partial charge in [0.05, 0.1) is 7.11 Å². The lowest BCUT2D eigenvalue weighted by molar-refractivity contribution is -0.153. The van der Waals surface area contributed by atoms with Crippen molar-refractivity contribution in [2.75, 3.05) is 20.2 Å². The van der Waals surface area contributed by atoms with Crippen molar-refractivity contribution in [3.8, 4) is 0 Å². The van der Waals surface area contributed by atoms with Crippen LogP contribution in [0.3, 0.4) is 0 Å². The fourth-order valence-corrected chi connectivity index (χ4v) is 1.47. The maximum atomic E-state index is 10.9. The number of ether oxygens (including phenoxy) is 1. The van der Waals surface area contributed by atoms with Crippen LogP contribution >= 0.6 is 0 Å². The number of aliphatic hydroxyl groups is 1. The summed E-state index contributed by atoms with van der Waals surface area (Å²) in [4.78, 5) is 10.9. The molecule has 4 heteroatoms. The van der Waals surface area contributed by atoms with Crippen LogP contribution in [0.2, 0.25) is 0 Å². The molecule has 70 valence electrons. The average Bonchev–Trinajstić information content (AvgIpc) is 2.17. The molecule has 0 radical (unpaired) electrons. The molecule has 1 rings (SSSR count). The Morgan fingerprint density at radius 1 is 1.58 bits per heavy atom. The van der Waals surface area contributed by atoms with Crippen molar-refractivity contribution >= 4 is 5.97 Å².